The molecule has 0 spiro atoms. The van der Waals surface area contributed by atoms with Crippen molar-refractivity contribution in [1.82, 2.24) is 10.2 Å². The fraction of sp³-hybridized carbons (Fsp3) is 0.333. The lowest BCUT2D eigenvalue weighted by Gasteiger charge is -2.32. The second-order valence-corrected chi connectivity index (χ2v) is 8.92. The lowest BCUT2D eigenvalue weighted by atomic mass is 9.95. The molecule has 4 rings (SSSR count). The van der Waals surface area contributed by atoms with Gasteiger partial charge in [-0.1, -0.05) is 42.0 Å². The molecule has 0 unspecified atom stereocenters. The highest BCUT2D eigenvalue weighted by Gasteiger charge is 2.34. The first kappa shape index (κ1) is 18.7. The number of benzene rings is 2. The number of fused-ring (bicyclic) bond motifs is 1. The molecular formula is C21H23N3O3S. The van der Waals surface area contributed by atoms with Crippen LogP contribution in [-0.4, -0.2) is 38.2 Å². The van der Waals surface area contributed by atoms with Gasteiger partial charge in [-0.15, -0.1) is 4.40 Å². The number of rotatable bonds is 3. The van der Waals surface area contributed by atoms with Crippen molar-refractivity contribution in [3.8, 4) is 0 Å². The number of hydrogen-bond acceptors (Lipinski definition) is 4. The summed E-state index contributed by atoms with van der Waals surface area (Å²) >= 11 is 0. The molecule has 28 heavy (non-hydrogen) atoms. The summed E-state index contributed by atoms with van der Waals surface area (Å²) in [6.45, 7) is 3.79. The predicted octanol–water partition coefficient (Wildman–Crippen LogP) is 2.47. The molecule has 0 radical (unpaired) electrons. The number of amidine groups is 1. The minimum atomic E-state index is -3.61. The molecule has 2 heterocycles. The van der Waals surface area contributed by atoms with Crippen LogP contribution in [-0.2, 0) is 21.4 Å². The molecule has 0 atom stereocenters. The second kappa shape index (κ2) is 7.39. The molecule has 2 aromatic carbocycles. The maximum Gasteiger partial charge on any atom is 0.285 e. The van der Waals surface area contributed by atoms with E-state index in [1.54, 1.807) is 18.2 Å². The third kappa shape index (κ3) is 3.67. The summed E-state index contributed by atoms with van der Waals surface area (Å²) in [4.78, 5) is 14.8. The fourth-order valence-electron chi connectivity index (χ4n) is 3.71. The number of nitrogens with one attached hydrogen (secondary N) is 1. The van der Waals surface area contributed by atoms with Gasteiger partial charge in [-0.25, -0.2) is 0 Å². The van der Waals surface area contributed by atoms with Crippen LogP contribution in [0, 0.1) is 12.8 Å². The van der Waals surface area contributed by atoms with Crippen molar-refractivity contribution in [3.05, 3.63) is 65.2 Å². The van der Waals surface area contributed by atoms with E-state index in [1.165, 1.54) is 5.56 Å². The van der Waals surface area contributed by atoms with Crippen LogP contribution in [0.3, 0.4) is 0 Å². The lowest BCUT2D eigenvalue weighted by molar-refractivity contribution is -0.126. The van der Waals surface area contributed by atoms with Gasteiger partial charge < -0.3 is 10.2 Å². The van der Waals surface area contributed by atoms with Crippen molar-refractivity contribution in [2.24, 2.45) is 10.3 Å². The van der Waals surface area contributed by atoms with Crippen molar-refractivity contribution in [2.75, 3.05) is 13.1 Å². The van der Waals surface area contributed by atoms with Crippen LogP contribution in [0.5, 0.6) is 0 Å². The Bertz CT molecular complexity index is 1020. The lowest BCUT2D eigenvalue weighted by Crippen LogP contribution is -2.42. The van der Waals surface area contributed by atoms with E-state index in [4.69, 9.17) is 0 Å². The topological polar surface area (TPSA) is 78.8 Å². The molecule has 7 heteroatoms. The molecule has 2 aliphatic rings. The summed E-state index contributed by atoms with van der Waals surface area (Å²) in [6, 6.07) is 15.0. The molecule has 0 saturated carbocycles. The first-order valence-electron chi connectivity index (χ1n) is 9.46. The van der Waals surface area contributed by atoms with E-state index in [-0.39, 0.29) is 16.7 Å². The van der Waals surface area contributed by atoms with Gasteiger partial charge in [-0.3, -0.25) is 4.79 Å². The van der Waals surface area contributed by atoms with Gasteiger partial charge in [0.2, 0.25) is 5.91 Å². The van der Waals surface area contributed by atoms with E-state index < -0.39 is 10.0 Å². The Hall–Kier alpha value is -2.67. The largest absolute Gasteiger partial charge is 0.355 e. The molecule has 1 saturated heterocycles. The van der Waals surface area contributed by atoms with Crippen LogP contribution < -0.4 is 5.32 Å². The van der Waals surface area contributed by atoms with Crippen molar-refractivity contribution < 1.29 is 13.2 Å². The monoisotopic (exact) mass is 397 g/mol. The van der Waals surface area contributed by atoms with E-state index in [0.29, 0.717) is 43.9 Å². The van der Waals surface area contributed by atoms with Gasteiger partial charge in [-0.2, -0.15) is 8.42 Å². The number of piperidine rings is 1. The van der Waals surface area contributed by atoms with Gasteiger partial charge in [0.05, 0.1) is 0 Å². The Morgan fingerprint density at radius 3 is 2.50 bits per heavy atom. The number of nitrogens with zero attached hydrogens (tertiary/aromatic N) is 2. The zero-order valence-corrected chi connectivity index (χ0v) is 16.6. The van der Waals surface area contributed by atoms with E-state index >= 15 is 0 Å². The van der Waals surface area contributed by atoms with E-state index in [1.807, 2.05) is 42.2 Å². The smallest absolute Gasteiger partial charge is 0.285 e. The summed E-state index contributed by atoms with van der Waals surface area (Å²) in [5.41, 5.74) is 2.93. The predicted molar refractivity (Wildman–Crippen MR) is 107 cm³/mol. The second-order valence-electron chi connectivity index (χ2n) is 7.35. The molecule has 0 bridgehead atoms. The maximum absolute atomic E-state index is 12.5. The summed E-state index contributed by atoms with van der Waals surface area (Å²) in [6.07, 6.45) is 1.36. The zero-order valence-electron chi connectivity index (χ0n) is 15.8. The average molecular weight is 398 g/mol. The van der Waals surface area contributed by atoms with Crippen LogP contribution in [0.2, 0.25) is 0 Å². The number of amides is 1. The third-order valence-corrected chi connectivity index (χ3v) is 6.69. The SMILES string of the molecule is Cc1ccc(CNC(=O)C2CCN(C3=NS(=O)(=O)c4ccccc43)CC2)cc1. The van der Waals surface area contributed by atoms with Gasteiger partial charge in [0, 0.05) is 31.1 Å². The molecule has 1 N–H and O–H groups in total. The van der Waals surface area contributed by atoms with Crippen molar-refractivity contribution in [1.29, 1.82) is 0 Å². The van der Waals surface area contributed by atoms with Crippen LogP contribution in [0.1, 0.15) is 29.5 Å². The number of likely N-dealkylation sites (tertiary alicyclic amines) is 1. The Balaban J connectivity index is 1.36. The molecule has 2 aliphatic heterocycles. The summed E-state index contributed by atoms with van der Waals surface area (Å²) in [5.74, 6) is 0.506. The Morgan fingerprint density at radius 2 is 1.79 bits per heavy atom. The van der Waals surface area contributed by atoms with Gasteiger partial charge >= 0.3 is 0 Å². The molecule has 146 valence electrons. The van der Waals surface area contributed by atoms with Gasteiger partial charge in [0.1, 0.15) is 4.90 Å². The van der Waals surface area contributed by atoms with Crippen molar-refractivity contribution in [3.63, 3.8) is 0 Å². The highest BCUT2D eigenvalue weighted by molar-refractivity contribution is 7.90. The van der Waals surface area contributed by atoms with Gasteiger partial charge in [-0.05, 0) is 37.5 Å². The van der Waals surface area contributed by atoms with Crippen LogP contribution in [0.15, 0.2) is 57.8 Å². The van der Waals surface area contributed by atoms with Crippen LogP contribution >= 0.6 is 0 Å². The summed E-state index contributed by atoms with van der Waals surface area (Å²) < 4.78 is 28.5. The number of aryl methyl sites for hydroxylation is 1. The molecule has 6 nitrogen and oxygen atoms in total. The number of carbonyl (C=O) groups is 1. The Morgan fingerprint density at radius 1 is 1.11 bits per heavy atom. The third-order valence-electron chi connectivity index (χ3n) is 5.37. The van der Waals surface area contributed by atoms with Crippen molar-refractivity contribution in [2.45, 2.75) is 31.2 Å². The first-order chi connectivity index (χ1) is 13.4. The minimum absolute atomic E-state index is 0.0570. The highest BCUT2D eigenvalue weighted by atomic mass is 32.2. The first-order valence-corrected chi connectivity index (χ1v) is 10.9. The standard InChI is InChI=1S/C21H23N3O3S/c1-15-6-8-16(9-7-15)14-22-21(25)17-10-12-24(13-11-17)20-18-4-2-3-5-19(18)28(26,27)23-20/h2-9,17H,10-14H2,1H3,(H,22,25). The molecule has 0 aromatic heterocycles. The maximum atomic E-state index is 12.5. The number of hydrogen-bond donors (Lipinski definition) is 1. The molecule has 2 aromatic rings. The molecular weight excluding hydrogens is 374 g/mol. The molecule has 1 amide bonds. The van der Waals surface area contributed by atoms with E-state index in [9.17, 15) is 13.2 Å². The molecule has 0 aliphatic carbocycles. The minimum Gasteiger partial charge on any atom is -0.355 e. The number of sulfonamides is 1. The zero-order chi connectivity index (χ0) is 19.7. The Labute approximate surface area is 165 Å². The number of carbonyl (C=O) groups excluding carboxylic acids is 1. The summed E-state index contributed by atoms with van der Waals surface area (Å²) in [7, 11) is -3.61. The quantitative estimate of drug-likeness (QED) is 0.863. The van der Waals surface area contributed by atoms with Crippen LogP contribution in [0.4, 0.5) is 0 Å². The van der Waals surface area contributed by atoms with E-state index in [2.05, 4.69) is 9.71 Å². The van der Waals surface area contributed by atoms with E-state index in [0.717, 1.165) is 5.56 Å². The normalized spacial score (nSPS) is 18.5. The van der Waals surface area contributed by atoms with Gasteiger partial charge in [0.15, 0.2) is 5.84 Å². The fourth-order valence-corrected chi connectivity index (χ4v) is 4.94. The Kier molecular flexibility index (Phi) is 4.93. The van der Waals surface area contributed by atoms with Crippen molar-refractivity contribution >= 4 is 21.8 Å². The van der Waals surface area contributed by atoms with Gasteiger partial charge in [0.25, 0.3) is 10.0 Å². The highest BCUT2D eigenvalue weighted by Crippen LogP contribution is 2.29. The molecule has 1 fully saturated rings. The summed E-state index contributed by atoms with van der Waals surface area (Å²) in [5, 5.41) is 3.02. The van der Waals surface area contributed by atoms with Crippen LogP contribution in [0.25, 0.3) is 0 Å². The average Bonchev–Trinajstić information content (AvgIpc) is 2.99.